The van der Waals surface area contributed by atoms with Gasteiger partial charge in [0.2, 0.25) is 0 Å². The molecule has 3 nitrogen and oxygen atoms in total. The van der Waals surface area contributed by atoms with Crippen molar-refractivity contribution < 1.29 is 0 Å². The Labute approximate surface area is 92.1 Å². The van der Waals surface area contributed by atoms with E-state index in [1.165, 1.54) is 0 Å². The minimum absolute atomic E-state index is 0.159. The summed E-state index contributed by atoms with van der Waals surface area (Å²) in [5, 5.41) is 0. The molecule has 1 atom stereocenters. The second-order valence-electron chi connectivity index (χ2n) is 4.70. The first-order chi connectivity index (χ1) is 6.97. The molecule has 84 valence electrons. The highest BCUT2D eigenvalue weighted by molar-refractivity contribution is 5.11. The van der Waals surface area contributed by atoms with E-state index in [9.17, 15) is 0 Å². The molecule has 0 aliphatic carbocycles. The average molecular weight is 207 g/mol. The number of hydrogen-bond donors (Lipinski definition) is 1. The standard InChI is InChI=1S/C12H21N3/c1-8(2)5-12-14-10(4)7-11(15-12)6-9(3)13/h7-9H,5-6,13H2,1-4H3. The van der Waals surface area contributed by atoms with Crippen LogP contribution in [0, 0.1) is 12.8 Å². The fraction of sp³-hybridized carbons (Fsp3) is 0.667. The van der Waals surface area contributed by atoms with Crippen molar-refractivity contribution in [3.63, 3.8) is 0 Å². The summed E-state index contributed by atoms with van der Waals surface area (Å²) in [5.74, 6) is 1.54. The Kier molecular flexibility index (Phi) is 4.21. The van der Waals surface area contributed by atoms with Gasteiger partial charge in [-0.2, -0.15) is 0 Å². The summed E-state index contributed by atoms with van der Waals surface area (Å²) in [6.45, 7) is 8.36. The van der Waals surface area contributed by atoms with Crippen molar-refractivity contribution >= 4 is 0 Å². The Bertz CT molecular complexity index is 290. The third-order valence-corrected chi connectivity index (χ3v) is 2.08. The first-order valence-corrected chi connectivity index (χ1v) is 5.56. The molecule has 2 N–H and O–H groups in total. The molecule has 0 aromatic carbocycles. The smallest absolute Gasteiger partial charge is 0.129 e. The van der Waals surface area contributed by atoms with Gasteiger partial charge in [-0.1, -0.05) is 13.8 Å². The normalized spacial score (nSPS) is 13.2. The molecular formula is C12H21N3. The van der Waals surface area contributed by atoms with Gasteiger partial charge >= 0.3 is 0 Å². The maximum absolute atomic E-state index is 5.77. The highest BCUT2D eigenvalue weighted by atomic mass is 14.9. The van der Waals surface area contributed by atoms with Crippen molar-refractivity contribution in [2.45, 2.75) is 46.6 Å². The summed E-state index contributed by atoms with van der Waals surface area (Å²) in [6, 6.07) is 2.18. The molecule has 1 aromatic rings. The Hall–Kier alpha value is -0.960. The molecule has 0 saturated carbocycles. The van der Waals surface area contributed by atoms with E-state index in [1.54, 1.807) is 0 Å². The number of aromatic nitrogens is 2. The van der Waals surface area contributed by atoms with Gasteiger partial charge in [0, 0.05) is 30.3 Å². The van der Waals surface area contributed by atoms with Crippen molar-refractivity contribution in [2.75, 3.05) is 0 Å². The minimum Gasteiger partial charge on any atom is -0.328 e. The van der Waals surface area contributed by atoms with Crippen molar-refractivity contribution in [2.24, 2.45) is 11.7 Å². The Balaban J connectivity index is 2.84. The Morgan fingerprint density at radius 3 is 2.40 bits per heavy atom. The molecule has 0 saturated heterocycles. The molecule has 0 spiro atoms. The zero-order chi connectivity index (χ0) is 11.4. The van der Waals surface area contributed by atoms with Crippen molar-refractivity contribution in [3.8, 4) is 0 Å². The SMILES string of the molecule is Cc1cc(CC(C)N)nc(CC(C)C)n1. The predicted octanol–water partition coefficient (Wildman–Crippen LogP) is 1.87. The zero-order valence-corrected chi connectivity index (χ0v) is 10.1. The average Bonchev–Trinajstić information content (AvgIpc) is 1.98. The molecule has 1 aromatic heterocycles. The fourth-order valence-corrected chi connectivity index (χ4v) is 1.59. The minimum atomic E-state index is 0.159. The maximum atomic E-state index is 5.77. The Morgan fingerprint density at radius 1 is 1.20 bits per heavy atom. The summed E-state index contributed by atoms with van der Waals surface area (Å²) in [5.41, 5.74) is 7.87. The third kappa shape index (κ3) is 4.38. The molecule has 0 amide bonds. The first-order valence-electron chi connectivity index (χ1n) is 5.56. The van der Waals surface area contributed by atoms with Gasteiger partial charge in [-0.05, 0) is 25.8 Å². The molecule has 0 bridgehead atoms. The van der Waals surface area contributed by atoms with E-state index in [2.05, 4.69) is 23.8 Å². The zero-order valence-electron chi connectivity index (χ0n) is 10.1. The van der Waals surface area contributed by atoms with Crippen molar-refractivity contribution in [1.82, 2.24) is 9.97 Å². The predicted molar refractivity (Wildman–Crippen MR) is 62.7 cm³/mol. The molecule has 0 radical (unpaired) electrons. The van der Waals surface area contributed by atoms with Crippen LogP contribution >= 0.6 is 0 Å². The summed E-state index contributed by atoms with van der Waals surface area (Å²) >= 11 is 0. The van der Waals surface area contributed by atoms with Gasteiger partial charge in [-0.25, -0.2) is 9.97 Å². The lowest BCUT2D eigenvalue weighted by Gasteiger charge is -2.09. The van der Waals surface area contributed by atoms with Gasteiger partial charge in [-0.3, -0.25) is 0 Å². The van der Waals surface area contributed by atoms with E-state index < -0.39 is 0 Å². The highest BCUT2D eigenvalue weighted by Gasteiger charge is 2.06. The topological polar surface area (TPSA) is 51.8 Å². The Morgan fingerprint density at radius 2 is 1.87 bits per heavy atom. The molecule has 0 aliphatic rings. The van der Waals surface area contributed by atoms with E-state index in [4.69, 9.17) is 5.73 Å². The van der Waals surface area contributed by atoms with E-state index in [1.807, 2.05) is 19.9 Å². The third-order valence-electron chi connectivity index (χ3n) is 2.08. The summed E-state index contributed by atoms with van der Waals surface area (Å²) in [7, 11) is 0. The first kappa shape index (κ1) is 12.1. The van der Waals surface area contributed by atoms with Gasteiger partial charge in [0.15, 0.2) is 0 Å². The lowest BCUT2D eigenvalue weighted by Crippen LogP contribution is -2.19. The van der Waals surface area contributed by atoms with Crippen LogP contribution in [-0.4, -0.2) is 16.0 Å². The van der Waals surface area contributed by atoms with Crippen LogP contribution in [0.25, 0.3) is 0 Å². The number of hydrogen-bond acceptors (Lipinski definition) is 3. The second-order valence-corrected chi connectivity index (χ2v) is 4.70. The molecule has 1 rings (SSSR count). The van der Waals surface area contributed by atoms with E-state index >= 15 is 0 Å². The number of nitrogens with zero attached hydrogens (tertiary/aromatic N) is 2. The van der Waals surface area contributed by atoms with Gasteiger partial charge in [0.25, 0.3) is 0 Å². The lowest BCUT2D eigenvalue weighted by atomic mass is 10.1. The molecule has 0 fully saturated rings. The van der Waals surface area contributed by atoms with Crippen LogP contribution in [0.15, 0.2) is 6.07 Å². The van der Waals surface area contributed by atoms with Gasteiger partial charge in [-0.15, -0.1) is 0 Å². The van der Waals surface area contributed by atoms with Crippen molar-refractivity contribution in [1.29, 1.82) is 0 Å². The van der Waals surface area contributed by atoms with Gasteiger partial charge < -0.3 is 5.73 Å². The number of aryl methyl sites for hydroxylation is 1. The summed E-state index contributed by atoms with van der Waals surface area (Å²) in [4.78, 5) is 8.95. The second kappa shape index (κ2) is 5.21. The van der Waals surface area contributed by atoms with Gasteiger partial charge in [0.05, 0.1) is 0 Å². The molecule has 0 aliphatic heterocycles. The van der Waals surface area contributed by atoms with Crippen LogP contribution in [-0.2, 0) is 12.8 Å². The number of rotatable bonds is 4. The van der Waals surface area contributed by atoms with Crippen LogP contribution in [0.5, 0.6) is 0 Å². The van der Waals surface area contributed by atoms with Crippen LogP contribution < -0.4 is 5.73 Å². The van der Waals surface area contributed by atoms with Crippen LogP contribution in [0.4, 0.5) is 0 Å². The summed E-state index contributed by atoms with van der Waals surface area (Å²) < 4.78 is 0. The molecule has 1 heterocycles. The monoisotopic (exact) mass is 207 g/mol. The maximum Gasteiger partial charge on any atom is 0.129 e. The van der Waals surface area contributed by atoms with Crippen LogP contribution in [0.2, 0.25) is 0 Å². The van der Waals surface area contributed by atoms with Crippen molar-refractivity contribution in [3.05, 3.63) is 23.3 Å². The molecular weight excluding hydrogens is 186 g/mol. The number of nitrogens with two attached hydrogens (primary N) is 1. The fourth-order valence-electron chi connectivity index (χ4n) is 1.59. The largest absolute Gasteiger partial charge is 0.328 e. The van der Waals surface area contributed by atoms with Gasteiger partial charge in [0.1, 0.15) is 5.82 Å². The van der Waals surface area contributed by atoms with Crippen LogP contribution in [0.1, 0.15) is 38.0 Å². The summed E-state index contributed by atoms with van der Waals surface area (Å²) in [6.07, 6.45) is 1.77. The molecule has 1 unspecified atom stereocenters. The van der Waals surface area contributed by atoms with E-state index in [0.29, 0.717) is 5.92 Å². The molecule has 3 heteroatoms. The van der Waals surface area contributed by atoms with E-state index in [0.717, 1.165) is 30.1 Å². The molecule has 15 heavy (non-hydrogen) atoms. The lowest BCUT2D eigenvalue weighted by molar-refractivity contribution is 0.611. The quantitative estimate of drug-likeness (QED) is 0.820. The van der Waals surface area contributed by atoms with Crippen LogP contribution in [0.3, 0.4) is 0 Å². The van der Waals surface area contributed by atoms with E-state index in [-0.39, 0.29) is 6.04 Å². The highest BCUT2D eigenvalue weighted by Crippen LogP contribution is 2.07.